The molecule has 1 saturated carbocycles. The van der Waals surface area contributed by atoms with Crippen LogP contribution in [0.25, 0.3) is 0 Å². The lowest BCUT2D eigenvalue weighted by atomic mass is 10.0. The van der Waals surface area contributed by atoms with Gasteiger partial charge in [0.25, 0.3) is 0 Å². The predicted molar refractivity (Wildman–Crippen MR) is 104 cm³/mol. The lowest BCUT2D eigenvalue weighted by Crippen LogP contribution is -2.46. The van der Waals surface area contributed by atoms with Gasteiger partial charge in [0.2, 0.25) is 0 Å². The molecule has 1 aromatic rings. The topological polar surface area (TPSA) is 67.1 Å². The highest BCUT2D eigenvalue weighted by molar-refractivity contribution is 5.80. The number of nitrogens with zero attached hydrogens (tertiary/aromatic N) is 4. The molecule has 1 aliphatic carbocycles. The zero-order valence-corrected chi connectivity index (χ0v) is 16.5. The molecule has 0 aliphatic heterocycles. The van der Waals surface area contributed by atoms with E-state index in [2.05, 4.69) is 53.1 Å². The SMILES string of the molecule is CCc1nncn1CCN=C(NC(C)CCC(C)C)NC1CCCC1. The van der Waals surface area contributed by atoms with E-state index in [0.29, 0.717) is 12.1 Å². The summed E-state index contributed by atoms with van der Waals surface area (Å²) in [6.07, 6.45) is 10.3. The standard InChI is InChI=1S/C19H36N6/c1-5-18-24-21-14-25(18)13-12-20-19(23-17-8-6-7-9-17)22-16(4)11-10-15(2)3/h14-17H,5-13H2,1-4H3,(H2,20,22,23). The average molecular weight is 349 g/mol. The molecule has 1 aromatic heterocycles. The summed E-state index contributed by atoms with van der Waals surface area (Å²) in [4.78, 5) is 4.82. The maximum atomic E-state index is 4.82. The van der Waals surface area contributed by atoms with Crippen LogP contribution in [0.1, 0.15) is 72.0 Å². The Hall–Kier alpha value is -1.59. The van der Waals surface area contributed by atoms with Crippen molar-refractivity contribution in [3.05, 3.63) is 12.2 Å². The Labute approximate surface area is 152 Å². The molecule has 2 N–H and O–H groups in total. The molecule has 6 nitrogen and oxygen atoms in total. The summed E-state index contributed by atoms with van der Waals surface area (Å²) in [5.74, 6) is 2.74. The van der Waals surface area contributed by atoms with E-state index in [4.69, 9.17) is 4.99 Å². The molecule has 1 unspecified atom stereocenters. The van der Waals surface area contributed by atoms with E-state index in [9.17, 15) is 0 Å². The molecule has 1 aliphatic rings. The minimum absolute atomic E-state index is 0.441. The summed E-state index contributed by atoms with van der Waals surface area (Å²) in [6, 6.07) is 1.01. The summed E-state index contributed by atoms with van der Waals surface area (Å²) < 4.78 is 2.10. The summed E-state index contributed by atoms with van der Waals surface area (Å²) in [7, 11) is 0. The highest BCUT2D eigenvalue weighted by Crippen LogP contribution is 2.17. The van der Waals surface area contributed by atoms with Crippen LogP contribution in [0, 0.1) is 5.92 Å². The molecular formula is C19H36N6. The van der Waals surface area contributed by atoms with Crippen LogP contribution >= 0.6 is 0 Å². The van der Waals surface area contributed by atoms with E-state index in [1.54, 1.807) is 6.33 Å². The van der Waals surface area contributed by atoms with E-state index in [-0.39, 0.29) is 0 Å². The number of rotatable bonds is 9. The number of aromatic nitrogens is 3. The fourth-order valence-corrected chi connectivity index (χ4v) is 3.29. The third-order valence-corrected chi connectivity index (χ3v) is 4.88. The molecule has 1 fully saturated rings. The van der Waals surface area contributed by atoms with Crippen molar-refractivity contribution >= 4 is 5.96 Å². The number of nitrogens with one attached hydrogen (secondary N) is 2. The maximum Gasteiger partial charge on any atom is 0.191 e. The van der Waals surface area contributed by atoms with Crippen LogP contribution in [0.2, 0.25) is 0 Å². The van der Waals surface area contributed by atoms with Crippen LogP contribution in [0.3, 0.4) is 0 Å². The van der Waals surface area contributed by atoms with E-state index in [1.807, 2.05) is 0 Å². The molecule has 0 spiro atoms. The highest BCUT2D eigenvalue weighted by atomic mass is 15.3. The monoisotopic (exact) mass is 348 g/mol. The second kappa shape index (κ2) is 10.4. The smallest absolute Gasteiger partial charge is 0.191 e. The molecule has 0 amide bonds. The van der Waals surface area contributed by atoms with Gasteiger partial charge in [-0.3, -0.25) is 4.99 Å². The van der Waals surface area contributed by atoms with Gasteiger partial charge in [-0.05, 0) is 38.5 Å². The van der Waals surface area contributed by atoms with Gasteiger partial charge in [-0.1, -0.05) is 33.6 Å². The van der Waals surface area contributed by atoms with Crippen molar-refractivity contribution in [2.24, 2.45) is 10.9 Å². The van der Waals surface area contributed by atoms with E-state index in [1.165, 1.54) is 38.5 Å². The Balaban J connectivity index is 1.89. The van der Waals surface area contributed by atoms with Crippen LogP contribution < -0.4 is 10.6 Å². The number of hydrogen-bond acceptors (Lipinski definition) is 3. The first-order valence-corrected chi connectivity index (χ1v) is 10.0. The van der Waals surface area contributed by atoms with Crippen LogP contribution in [-0.4, -0.2) is 39.4 Å². The molecule has 1 atom stereocenters. The summed E-state index contributed by atoms with van der Waals surface area (Å²) in [5, 5.41) is 15.4. The minimum Gasteiger partial charge on any atom is -0.354 e. The van der Waals surface area contributed by atoms with Crippen LogP contribution in [-0.2, 0) is 13.0 Å². The quantitative estimate of drug-likeness (QED) is 0.531. The third-order valence-electron chi connectivity index (χ3n) is 4.88. The lowest BCUT2D eigenvalue weighted by molar-refractivity contribution is 0.484. The first-order chi connectivity index (χ1) is 12.1. The molecule has 25 heavy (non-hydrogen) atoms. The number of aryl methyl sites for hydroxylation is 1. The molecule has 1 heterocycles. The van der Waals surface area contributed by atoms with Crippen molar-refractivity contribution in [2.45, 2.75) is 91.3 Å². The first-order valence-electron chi connectivity index (χ1n) is 10.0. The molecule has 2 rings (SSSR count). The summed E-state index contributed by atoms with van der Waals surface area (Å²) in [6.45, 7) is 10.5. The van der Waals surface area contributed by atoms with Gasteiger partial charge in [0.15, 0.2) is 5.96 Å². The van der Waals surface area contributed by atoms with Gasteiger partial charge in [-0.2, -0.15) is 0 Å². The lowest BCUT2D eigenvalue weighted by Gasteiger charge is -2.22. The maximum absolute atomic E-state index is 4.82. The molecule has 0 bridgehead atoms. The molecular weight excluding hydrogens is 312 g/mol. The Bertz CT molecular complexity index is 516. The summed E-state index contributed by atoms with van der Waals surface area (Å²) in [5.41, 5.74) is 0. The van der Waals surface area contributed by atoms with Crippen molar-refractivity contribution in [2.75, 3.05) is 6.54 Å². The minimum atomic E-state index is 0.441. The van der Waals surface area contributed by atoms with Gasteiger partial charge in [0.05, 0.1) is 6.54 Å². The highest BCUT2D eigenvalue weighted by Gasteiger charge is 2.17. The van der Waals surface area contributed by atoms with Crippen LogP contribution in [0.4, 0.5) is 0 Å². The fraction of sp³-hybridized carbons (Fsp3) is 0.842. The van der Waals surface area contributed by atoms with Crippen LogP contribution in [0.15, 0.2) is 11.3 Å². The number of aliphatic imine (C=N–C) groups is 1. The van der Waals surface area contributed by atoms with Crippen molar-refractivity contribution < 1.29 is 0 Å². The molecule has 0 radical (unpaired) electrons. The third kappa shape index (κ3) is 7.04. The van der Waals surface area contributed by atoms with Gasteiger partial charge in [-0.25, -0.2) is 0 Å². The van der Waals surface area contributed by atoms with Gasteiger partial charge >= 0.3 is 0 Å². The second-order valence-corrected chi connectivity index (χ2v) is 7.67. The number of guanidine groups is 1. The van der Waals surface area contributed by atoms with Gasteiger partial charge < -0.3 is 15.2 Å². The molecule has 0 aromatic carbocycles. The van der Waals surface area contributed by atoms with Crippen molar-refractivity contribution in [1.82, 2.24) is 25.4 Å². The Morgan fingerprint density at radius 1 is 1.28 bits per heavy atom. The largest absolute Gasteiger partial charge is 0.354 e. The normalized spacial score (nSPS) is 17.2. The zero-order chi connectivity index (χ0) is 18.1. The fourth-order valence-electron chi connectivity index (χ4n) is 3.29. The molecule has 142 valence electrons. The van der Waals surface area contributed by atoms with E-state index >= 15 is 0 Å². The van der Waals surface area contributed by atoms with Crippen molar-refractivity contribution in [3.63, 3.8) is 0 Å². The summed E-state index contributed by atoms with van der Waals surface area (Å²) >= 11 is 0. The van der Waals surface area contributed by atoms with Crippen LogP contribution in [0.5, 0.6) is 0 Å². The average Bonchev–Trinajstić information content (AvgIpc) is 3.24. The van der Waals surface area contributed by atoms with Gasteiger partial charge in [0, 0.05) is 25.0 Å². The van der Waals surface area contributed by atoms with E-state index < -0.39 is 0 Å². The van der Waals surface area contributed by atoms with Crippen molar-refractivity contribution in [1.29, 1.82) is 0 Å². The molecule has 6 heteroatoms. The number of hydrogen-bond donors (Lipinski definition) is 2. The zero-order valence-electron chi connectivity index (χ0n) is 16.5. The predicted octanol–water partition coefficient (Wildman–Crippen LogP) is 3.14. The Morgan fingerprint density at radius 2 is 2.04 bits per heavy atom. The Kier molecular flexibility index (Phi) is 8.22. The molecule has 0 saturated heterocycles. The van der Waals surface area contributed by atoms with Crippen molar-refractivity contribution in [3.8, 4) is 0 Å². The first kappa shape index (κ1) is 19.7. The van der Waals surface area contributed by atoms with Gasteiger partial charge in [-0.15, -0.1) is 10.2 Å². The second-order valence-electron chi connectivity index (χ2n) is 7.67. The van der Waals surface area contributed by atoms with E-state index in [0.717, 1.165) is 37.2 Å². The Morgan fingerprint density at radius 3 is 2.72 bits per heavy atom. The van der Waals surface area contributed by atoms with Gasteiger partial charge in [0.1, 0.15) is 12.2 Å².